The molecule has 0 heterocycles. The number of hydrogen-bond acceptors (Lipinski definition) is 3. The Labute approximate surface area is 93.5 Å². The van der Waals surface area contributed by atoms with Crippen molar-refractivity contribution >= 4 is 15.9 Å². The summed E-state index contributed by atoms with van der Waals surface area (Å²) in [5.41, 5.74) is 0. The lowest BCUT2D eigenvalue weighted by Crippen LogP contribution is -2.46. The number of carbonyl (C=O) groups is 1. The first kappa shape index (κ1) is 13.3. The number of amides is 1. The molecular weight excluding hydrogens is 240 g/mol. The van der Waals surface area contributed by atoms with Gasteiger partial charge < -0.3 is 0 Å². The van der Waals surface area contributed by atoms with Gasteiger partial charge in [-0.15, -0.1) is 0 Å². The van der Waals surface area contributed by atoms with Gasteiger partial charge >= 0.3 is 0 Å². The van der Waals surface area contributed by atoms with Gasteiger partial charge in [-0.2, -0.15) is 0 Å². The fourth-order valence-electron chi connectivity index (χ4n) is 1.56. The van der Waals surface area contributed by atoms with Crippen LogP contribution in [0.4, 0.5) is 8.78 Å². The van der Waals surface area contributed by atoms with E-state index < -0.39 is 38.9 Å². The van der Waals surface area contributed by atoms with Crippen molar-refractivity contribution in [1.82, 2.24) is 4.72 Å². The largest absolute Gasteiger partial charge is 0.274 e. The quantitative estimate of drug-likeness (QED) is 0.819. The van der Waals surface area contributed by atoms with Crippen LogP contribution in [0.1, 0.15) is 27.2 Å². The van der Waals surface area contributed by atoms with Crippen LogP contribution in [-0.2, 0) is 14.8 Å². The van der Waals surface area contributed by atoms with Gasteiger partial charge in [0.1, 0.15) is 0 Å². The van der Waals surface area contributed by atoms with E-state index in [1.165, 1.54) is 20.8 Å². The lowest BCUT2D eigenvalue weighted by molar-refractivity contribution is -0.122. The Kier molecular flexibility index (Phi) is 3.29. The first-order chi connectivity index (χ1) is 7.15. The van der Waals surface area contributed by atoms with Crippen molar-refractivity contribution in [3.8, 4) is 0 Å². The monoisotopic (exact) mass is 255 g/mol. The maximum absolute atomic E-state index is 12.7. The molecule has 4 nitrogen and oxygen atoms in total. The summed E-state index contributed by atoms with van der Waals surface area (Å²) in [5, 5.41) is 0. The molecule has 0 aromatic rings. The summed E-state index contributed by atoms with van der Waals surface area (Å²) in [5.74, 6) is -1.93. The SMILES string of the molecule is CC(C)C(=O)NS(=O)(=O)C1(C(F)F)CC1C. The zero-order valence-corrected chi connectivity index (χ0v) is 10.1. The minimum absolute atomic E-state index is 0.106. The number of halogens is 2. The average molecular weight is 255 g/mol. The number of alkyl halides is 2. The molecule has 0 aromatic carbocycles. The second-order valence-corrected chi connectivity index (χ2v) is 6.46. The summed E-state index contributed by atoms with van der Waals surface area (Å²) in [6.45, 7) is 4.43. The van der Waals surface area contributed by atoms with Crippen molar-refractivity contribution in [2.45, 2.75) is 38.4 Å². The molecule has 2 unspecified atom stereocenters. The third kappa shape index (κ3) is 1.92. The highest BCUT2D eigenvalue weighted by molar-refractivity contribution is 7.91. The molecule has 1 fully saturated rings. The number of hydrogen-bond donors (Lipinski definition) is 1. The maximum Gasteiger partial charge on any atom is 0.260 e. The average Bonchev–Trinajstić information content (AvgIpc) is 2.78. The van der Waals surface area contributed by atoms with Crippen LogP contribution in [0.2, 0.25) is 0 Å². The summed E-state index contributed by atoms with van der Waals surface area (Å²) >= 11 is 0. The summed E-state index contributed by atoms with van der Waals surface area (Å²) in [7, 11) is -4.29. The van der Waals surface area contributed by atoms with Gasteiger partial charge in [-0.05, 0) is 12.3 Å². The Morgan fingerprint density at radius 1 is 1.44 bits per heavy atom. The lowest BCUT2D eigenvalue weighted by Gasteiger charge is -2.18. The van der Waals surface area contributed by atoms with Crippen molar-refractivity contribution in [3.05, 3.63) is 0 Å². The molecule has 0 aliphatic heterocycles. The molecule has 0 radical (unpaired) electrons. The van der Waals surface area contributed by atoms with E-state index in [1.54, 1.807) is 4.72 Å². The van der Waals surface area contributed by atoms with Gasteiger partial charge in [0.2, 0.25) is 15.9 Å². The fourth-order valence-corrected chi connectivity index (χ4v) is 3.49. The Hall–Kier alpha value is -0.720. The normalized spacial score (nSPS) is 29.6. The van der Waals surface area contributed by atoms with Crippen LogP contribution < -0.4 is 4.72 Å². The molecular formula is C9H15F2NO3S. The van der Waals surface area contributed by atoms with Gasteiger partial charge in [-0.1, -0.05) is 20.8 Å². The highest BCUT2D eigenvalue weighted by Crippen LogP contribution is 2.53. The molecule has 0 aromatic heterocycles. The molecule has 16 heavy (non-hydrogen) atoms. The van der Waals surface area contributed by atoms with E-state index in [0.717, 1.165) is 0 Å². The standard InChI is InChI=1S/C9H15F2NO3S/c1-5(2)7(13)12-16(14,15)9(8(10)11)4-6(9)3/h5-6,8H,4H2,1-3H3,(H,12,13). The van der Waals surface area contributed by atoms with Gasteiger partial charge in [-0.25, -0.2) is 17.2 Å². The predicted octanol–water partition coefficient (Wildman–Crippen LogP) is 1.13. The zero-order chi connectivity index (χ0) is 12.7. The van der Waals surface area contributed by atoms with Crippen LogP contribution in [0, 0.1) is 11.8 Å². The number of carbonyl (C=O) groups excluding carboxylic acids is 1. The summed E-state index contributed by atoms with van der Waals surface area (Å²) < 4.78 is 48.5. The van der Waals surface area contributed by atoms with Gasteiger partial charge in [0.15, 0.2) is 4.75 Å². The van der Waals surface area contributed by atoms with Gasteiger partial charge in [-0.3, -0.25) is 9.52 Å². The van der Waals surface area contributed by atoms with Crippen LogP contribution in [0.15, 0.2) is 0 Å². The Morgan fingerprint density at radius 3 is 2.12 bits per heavy atom. The van der Waals surface area contributed by atoms with Crippen molar-refractivity contribution < 1.29 is 22.0 Å². The second-order valence-electron chi connectivity index (χ2n) is 4.49. The number of nitrogens with one attached hydrogen (secondary N) is 1. The molecule has 7 heteroatoms. The third-order valence-corrected chi connectivity index (χ3v) is 5.15. The summed E-state index contributed by atoms with van der Waals surface area (Å²) in [4.78, 5) is 11.2. The van der Waals surface area contributed by atoms with E-state index >= 15 is 0 Å². The molecule has 1 amide bonds. The number of sulfonamides is 1. The topological polar surface area (TPSA) is 63.2 Å². The van der Waals surface area contributed by atoms with Crippen molar-refractivity contribution in [2.75, 3.05) is 0 Å². The molecule has 1 rings (SSSR count). The van der Waals surface area contributed by atoms with Gasteiger partial charge in [0, 0.05) is 5.92 Å². The van der Waals surface area contributed by atoms with E-state index in [4.69, 9.17) is 0 Å². The molecule has 0 bridgehead atoms. The van der Waals surface area contributed by atoms with E-state index in [9.17, 15) is 22.0 Å². The third-order valence-electron chi connectivity index (χ3n) is 2.93. The lowest BCUT2D eigenvalue weighted by atomic mass is 10.2. The molecule has 94 valence electrons. The van der Waals surface area contributed by atoms with Crippen molar-refractivity contribution in [3.63, 3.8) is 0 Å². The van der Waals surface area contributed by atoms with Crippen molar-refractivity contribution in [2.24, 2.45) is 11.8 Å². The second kappa shape index (κ2) is 3.94. The minimum Gasteiger partial charge on any atom is -0.274 e. The summed E-state index contributed by atoms with van der Waals surface area (Å²) in [6.07, 6.45) is -3.08. The van der Waals surface area contributed by atoms with Crippen LogP contribution >= 0.6 is 0 Å². The molecule has 1 saturated carbocycles. The molecule has 2 atom stereocenters. The van der Waals surface area contributed by atoms with Crippen LogP contribution in [0.5, 0.6) is 0 Å². The Morgan fingerprint density at radius 2 is 1.88 bits per heavy atom. The Balaban J connectivity index is 2.91. The van der Waals surface area contributed by atoms with Crippen LogP contribution in [-0.4, -0.2) is 25.5 Å². The van der Waals surface area contributed by atoms with E-state index in [-0.39, 0.29) is 6.42 Å². The zero-order valence-electron chi connectivity index (χ0n) is 9.33. The highest BCUT2D eigenvalue weighted by atomic mass is 32.2. The van der Waals surface area contributed by atoms with Gasteiger partial charge in [0.25, 0.3) is 6.43 Å². The first-order valence-electron chi connectivity index (χ1n) is 4.99. The molecule has 1 aliphatic rings. The van der Waals surface area contributed by atoms with Crippen LogP contribution in [0.3, 0.4) is 0 Å². The first-order valence-corrected chi connectivity index (χ1v) is 6.48. The van der Waals surface area contributed by atoms with E-state index in [1.807, 2.05) is 0 Å². The minimum atomic E-state index is -4.29. The molecule has 0 spiro atoms. The Bertz CT molecular complexity index is 394. The predicted molar refractivity (Wildman–Crippen MR) is 54.4 cm³/mol. The van der Waals surface area contributed by atoms with Crippen LogP contribution in [0.25, 0.3) is 0 Å². The highest BCUT2D eigenvalue weighted by Gasteiger charge is 2.68. The smallest absolute Gasteiger partial charge is 0.260 e. The maximum atomic E-state index is 12.7. The molecule has 1 N–H and O–H groups in total. The molecule has 0 saturated heterocycles. The number of rotatable bonds is 4. The van der Waals surface area contributed by atoms with E-state index in [0.29, 0.717) is 0 Å². The van der Waals surface area contributed by atoms with Crippen molar-refractivity contribution in [1.29, 1.82) is 0 Å². The fraction of sp³-hybridized carbons (Fsp3) is 0.889. The van der Waals surface area contributed by atoms with Gasteiger partial charge in [0.05, 0.1) is 0 Å². The van der Waals surface area contributed by atoms with E-state index in [2.05, 4.69) is 0 Å². The molecule has 1 aliphatic carbocycles. The summed E-state index contributed by atoms with van der Waals surface area (Å²) in [6, 6.07) is 0.